The van der Waals surface area contributed by atoms with Crippen LogP contribution >= 0.6 is 0 Å². The number of likely N-dealkylation sites (tertiary alicyclic amines) is 1. The first-order chi connectivity index (χ1) is 6.82. The second-order valence-electron chi connectivity index (χ2n) is 4.38. The van der Waals surface area contributed by atoms with Crippen LogP contribution in [0.1, 0.15) is 33.1 Å². The Kier molecular flexibility index (Phi) is 3.62. The molecule has 1 saturated heterocycles. The van der Waals surface area contributed by atoms with E-state index >= 15 is 0 Å². The molecule has 5 heteroatoms. The fourth-order valence-electron chi connectivity index (χ4n) is 1.87. The quantitative estimate of drug-likeness (QED) is 0.704. The van der Waals surface area contributed by atoms with Gasteiger partial charge in [0.25, 0.3) is 0 Å². The Hall–Kier alpha value is -0.740. The summed E-state index contributed by atoms with van der Waals surface area (Å²) in [6.45, 7) is 3.91. The van der Waals surface area contributed by atoms with E-state index < -0.39 is 12.2 Å². The molecule has 1 unspecified atom stereocenters. The van der Waals surface area contributed by atoms with Crippen molar-refractivity contribution in [3.8, 4) is 0 Å². The molecule has 88 valence electrons. The molecule has 0 aromatic heterocycles. The van der Waals surface area contributed by atoms with Crippen LogP contribution in [0.25, 0.3) is 0 Å². The summed E-state index contributed by atoms with van der Waals surface area (Å²) in [6, 6.07) is -1.55. The van der Waals surface area contributed by atoms with Gasteiger partial charge in [-0.05, 0) is 18.8 Å². The highest BCUT2D eigenvalue weighted by molar-refractivity contribution is 5.77. The van der Waals surface area contributed by atoms with Crippen LogP contribution in [0, 0.1) is 5.92 Å². The number of carbonyl (C=O) groups is 1. The van der Waals surface area contributed by atoms with E-state index in [1.54, 1.807) is 0 Å². The van der Waals surface area contributed by atoms with E-state index in [2.05, 4.69) is 0 Å². The van der Waals surface area contributed by atoms with Crippen LogP contribution in [0.3, 0.4) is 0 Å². The molecule has 0 saturated carbocycles. The molecule has 0 aliphatic carbocycles. The minimum atomic E-state index is -4.27. The van der Waals surface area contributed by atoms with Crippen molar-refractivity contribution in [3.05, 3.63) is 0 Å². The molecule has 0 aromatic carbocycles. The van der Waals surface area contributed by atoms with Crippen molar-refractivity contribution < 1.29 is 18.0 Å². The predicted octanol–water partition coefficient (Wildman–Crippen LogP) is 2.59. The largest absolute Gasteiger partial charge is 0.408 e. The Morgan fingerprint density at radius 2 is 2.07 bits per heavy atom. The normalized spacial score (nSPS) is 22.5. The predicted molar refractivity (Wildman–Crippen MR) is 50.2 cm³/mol. The molecule has 1 aliphatic rings. The van der Waals surface area contributed by atoms with Gasteiger partial charge < -0.3 is 4.90 Å². The number of alkyl halides is 3. The van der Waals surface area contributed by atoms with Crippen molar-refractivity contribution in [2.45, 2.75) is 45.3 Å². The van der Waals surface area contributed by atoms with Crippen molar-refractivity contribution in [3.63, 3.8) is 0 Å². The van der Waals surface area contributed by atoms with Crippen molar-refractivity contribution in [2.75, 3.05) is 6.54 Å². The van der Waals surface area contributed by atoms with Crippen LogP contribution in [0.5, 0.6) is 0 Å². The highest BCUT2D eigenvalue weighted by Crippen LogP contribution is 2.33. The van der Waals surface area contributed by atoms with Gasteiger partial charge in [0.05, 0.1) is 0 Å². The fraction of sp³-hybridized carbons (Fsp3) is 0.900. The molecule has 1 aliphatic heterocycles. The first-order valence-corrected chi connectivity index (χ1v) is 5.18. The van der Waals surface area contributed by atoms with E-state index in [1.807, 2.05) is 13.8 Å². The van der Waals surface area contributed by atoms with Crippen LogP contribution in [0.4, 0.5) is 13.2 Å². The molecule has 1 amide bonds. The van der Waals surface area contributed by atoms with Crippen LogP contribution in [-0.4, -0.2) is 29.6 Å². The minimum absolute atomic E-state index is 0.0489. The van der Waals surface area contributed by atoms with Crippen LogP contribution in [0.15, 0.2) is 0 Å². The SMILES string of the molecule is CC(C)CC(=O)N1CCCC1C(F)(F)F. The lowest BCUT2D eigenvalue weighted by Gasteiger charge is -2.27. The van der Waals surface area contributed by atoms with Gasteiger partial charge in [-0.25, -0.2) is 0 Å². The molecule has 1 rings (SSSR count). The van der Waals surface area contributed by atoms with Gasteiger partial charge in [-0.2, -0.15) is 13.2 Å². The van der Waals surface area contributed by atoms with E-state index in [9.17, 15) is 18.0 Å². The first-order valence-electron chi connectivity index (χ1n) is 5.18. The van der Waals surface area contributed by atoms with Gasteiger partial charge in [0.15, 0.2) is 0 Å². The molecule has 15 heavy (non-hydrogen) atoms. The van der Waals surface area contributed by atoms with Crippen LogP contribution in [-0.2, 0) is 4.79 Å². The number of nitrogens with zero attached hydrogens (tertiary/aromatic N) is 1. The van der Waals surface area contributed by atoms with E-state index in [1.165, 1.54) is 0 Å². The Morgan fingerprint density at radius 3 is 2.53 bits per heavy atom. The van der Waals surface area contributed by atoms with Gasteiger partial charge in [0.1, 0.15) is 6.04 Å². The number of hydrogen-bond acceptors (Lipinski definition) is 1. The highest BCUT2D eigenvalue weighted by atomic mass is 19.4. The van der Waals surface area contributed by atoms with Crippen molar-refractivity contribution in [2.24, 2.45) is 5.92 Å². The standard InChI is InChI=1S/C10H16F3NO/c1-7(2)6-9(15)14-5-3-4-8(14)10(11,12)13/h7-8H,3-6H2,1-2H3. The number of amides is 1. The second kappa shape index (κ2) is 4.41. The third-order valence-corrected chi connectivity index (χ3v) is 2.53. The van der Waals surface area contributed by atoms with E-state index in [-0.39, 0.29) is 31.2 Å². The maximum atomic E-state index is 12.5. The summed E-state index contributed by atoms with van der Waals surface area (Å²) >= 11 is 0. The summed E-state index contributed by atoms with van der Waals surface area (Å²) in [5, 5.41) is 0. The van der Waals surface area contributed by atoms with E-state index in [0.29, 0.717) is 6.42 Å². The lowest BCUT2D eigenvalue weighted by Crippen LogP contribution is -2.44. The van der Waals surface area contributed by atoms with Crippen molar-refractivity contribution >= 4 is 5.91 Å². The van der Waals surface area contributed by atoms with E-state index in [4.69, 9.17) is 0 Å². The number of carbonyl (C=O) groups excluding carboxylic acids is 1. The summed E-state index contributed by atoms with van der Waals surface area (Å²) in [5.41, 5.74) is 0. The van der Waals surface area contributed by atoms with Gasteiger partial charge >= 0.3 is 6.18 Å². The van der Waals surface area contributed by atoms with Crippen molar-refractivity contribution in [1.29, 1.82) is 0 Å². The van der Waals surface area contributed by atoms with Crippen LogP contribution in [0.2, 0.25) is 0 Å². The summed E-state index contributed by atoms with van der Waals surface area (Å²) in [7, 11) is 0. The monoisotopic (exact) mass is 223 g/mol. The topological polar surface area (TPSA) is 20.3 Å². The second-order valence-corrected chi connectivity index (χ2v) is 4.38. The molecular weight excluding hydrogens is 207 g/mol. The fourth-order valence-corrected chi connectivity index (χ4v) is 1.87. The number of rotatable bonds is 2. The molecular formula is C10H16F3NO. The van der Waals surface area contributed by atoms with E-state index in [0.717, 1.165) is 4.90 Å². The first kappa shape index (κ1) is 12.3. The third kappa shape index (κ3) is 3.11. The smallest absolute Gasteiger partial charge is 0.331 e. The molecule has 0 N–H and O–H groups in total. The Labute approximate surface area is 87.4 Å². The molecule has 0 radical (unpaired) electrons. The average molecular weight is 223 g/mol. The number of halogens is 3. The van der Waals surface area contributed by atoms with Gasteiger partial charge in [-0.1, -0.05) is 13.8 Å². The minimum Gasteiger partial charge on any atom is -0.331 e. The molecule has 2 nitrogen and oxygen atoms in total. The Balaban J connectivity index is 2.64. The average Bonchev–Trinajstić information content (AvgIpc) is 2.48. The van der Waals surface area contributed by atoms with Crippen molar-refractivity contribution in [1.82, 2.24) is 4.90 Å². The maximum Gasteiger partial charge on any atom is 0.408 e. The third-order valence-electron chi connectivity index (χ3n) is 2.53. The zero-order valence-corrected chi connectivity index (χ0v) is 8.97. The maximum absolute atomic E-state index is 12.5. The number of hydrogen-bond donors (Lipinski definition) is 0. The summed E-state index contributed by atoms with van der Waals surface area (Å²) in [6.07, 6.45) is -3.57. The van der Waals surface area contributed by atoms with Gasteiger partial charge in [0, 0.05) is 13.0 Å². The van der Waals surface area contributed by atoms with Crippen LogP contribution < -0.4 is 0 Å². The van der Waals surface area contributed by atoms with Gasteiger partial charge in [-0.15, -0.1) is 0 Å². The molecule has 0 spiro atoms. The lowest BCUT2D eigenvalue weighted by molar-refractivity contribution is -0.183. The molecule has 1 fully saturated rings. The molecule has 1 heterocycles. The van der Waals surface area contributed by atoms with Gasteiger partial charge in [-0.3, -0.25) is 4.79 Å². The Bertz CT molecular complexity index is 237. The summed E-state index contributed by atoms with van der Waals surface area (Å²) in [4.78, 5) is 12.5. The molecule has 0 aromatic rings. The zero-order valence-electron chi connectivity index (χ0n) is 8.97. The summed E-state index contributed by atoms with van der Waals surface area (Å²) in [5.74, 6) is -0.267. The molecule has 1 atom stereocenters. The lowest BCUT2D eigenvalue weighted by atomic mass is 10.1. The van der Waals surface area contributed by atoms with Gasteiger partial charge in [0.2, 0.25) is 5.91 Å². The highest BCUT2D eigenvalue weighted by Gasteiger charge is 2.47. The summed E-state index contributed by atoms with van der Waals surface area (Å²) < 4.78 is 37.5. The molecule has 0 bridgehead atoms. The Morgan fingerprint density at radius 1 is 1.47 bits per heavy atom. The zero-order chi connectivity index (χ0) is 11.6.